The van der Waals surface area contributed by atoms with Crippen molar-refractivity contribution in [2.75, 3.05) is 45.1 Å². The van der Waals surface area contributed by atoms with Gasteiger partial charge in [0.2, 0.25) is 0 Å². The van der Waals surface area contributed by atoms with Gasteiger partial charge in [0.25, 0.3) is 5.91 Å². The maximum absolute atomic E-state index is 12.3. The van der Waals surface area contributed by atoms with Crippen molar-refractivity contribution >= 4 is 11.6 Å². The van der Waals surface area contributed by atoms with Gasteiger partial charge in [-0.15, -0.1) is 0 Å². The van der Waals surface area contributed by atoms with E-state index in [1.807, 2.05) is 30.1 Å². The molecule has 1 aliphatic heterocycles. The van der Waals surface area contributed by atoms with E-state index in [1.54, 1.807) is 0 Å². The quantitative estimate of drug-likeness (QED) is 0.871. The first kappa shape index (κ1) is 14.8. The van der Waals surface area contributed by atoms with Crippen molar-refractivity contribution in [2.45, 2.75) is 13.8 Å². The molecule has 1 heterocycles. The smallest absolute Gasteiger partial charge is 0.265 e. The molecule has 5 heteroatoms. The summed E-state index contributed by atoms with van der Waals surface area (Å²) >= 11 is 0. The molecule has 0 aromatic heterocycles. The van der Waals surface area contributed by atoms with Gasteiger partial charge >= 0.3 is 0 Å². The van der Waals surface area contributed by atoms with Gasteiger partial charge in [-0.05, 0) is 44.7 Å². The number of anilines is 1. The van der Waals surface area contributed by atoms with E-state index < -0.39 is 0 Å². The summed E-state index contributed by atoms with van der Waals surface area (Å²) in [6.07, 6.45) is 0. The molecule has 1 saturated heterocycles. The van der Waals surface area contributed by atoms with Crippen molar-refractivity contribution < 1.29 is 4.79 Å². The number of carbonyl (C=O) groups excluding carboxylic acids is 1. The largest absolute Gasteiger partial charge is 0.385 e. The van der Waals surface area contributed by atoms with E-state index in [0.29, 0.717) is 0 Å². The summed E-state index contributed by atoms with van der Waals surface area (Å²) in [6.45, 7) is 8.63. The number of amides is 1. The molecular weight excluding hydrogens is 252 g/mol. The lowest BCUT2D eigenvalue weighted by Crippen LogP contribution is -2.52. The van der Waals surface area contributed by atoms with Crippen molar-refractivity contribution in [1.82, 2.24) is 15.3 Å². The summed E-state index contributed by atoms with van der Waals surface area (Å²) in [7, 11) is 2.10. The molecule has 1 aromatic rings. The number of nitrogens with zero attached hydrogens (tertiary/aromatic N) is 2. The molecule has 0 bridgehead atoms. The number of benzene rings is 1. The zero-order valence-electron chi connectivity index (χ0n) is 12.6. The fourth-order valence-electron chi connectivity index (χ4n) is 2.35. The molecule has 110 valence electrons. The molecular formula is C15H24N4O. The van der Waals surface area contributed by atoms with Gasteiger partial charge in [0, 0.05) is 44.0 Å². The molecule has 2 N–H and O–H groups in total. The zero-order chi connectivity index (χ0) is 14.5. The Morgan fingerprint density at radius 3 is 2.55 bits per heavy atom. The second kappa shape index (κ2) is 6.72. The van der Waals surface area contributed by atoms with E-state index in [9.17, 15) is 4.79 Å². The van der Waals surface area contributed by atoms with E-state index in [2.05, 4.69) is 29.6 Å². The molecule has 5 nitrogen and oxygen atoms in total. The van der Waals surface area contributed by atoms with E-state index in [1.165, 1.54) is 0 Å². The normalized spacial score (nSPS) is 16.9. The molecule has 2 rings (SSSR count). The number of hydrogen-bond donors (Lipinski definition) is 2. The minimum absolute atomic E-state index is 0.0184. The molecule has 1 fully saturated rings. The van der Waals surface area contributed by atoms with Gasteiger partial charge in [-0.2, -0.15) is 0 Å². The third-order valence-electron chi connectivity index (χ3n) is 3.61. The van der Waals surface area contributed by atoms with Crippen molar-refractivity contribution in [2.24, 2.45) is 0 Å². The summed E-state index contributed by atoms with van der Waals surface area (Å²) in [6, 6.07) is 5.86. The number of rotatable bonds is 4. The minimum atomic E-state index is -0.0184. The van der Waals surface area contributed by atoms with Crippen LogP contribution in [-0.2, 0) is 0 Å². The second-order valence-corrected chi connectivity index (χ2v) is 5.29. The van der Waals surface area contributed by atoms with E-state index in [4.69, 9.17) is 0 Å². The fourth-order valence-corrected chi connectivity index (χ4v) is 2.35. The van der Waals surface area contributed by atoms with Crippen LogP contribution in [0.15, 0.2) is 18.2 Å². The summed E-state index contributed by atoms with van der Waals surface area (Å²) in [4.78, 5) is 14.6. The van der Waals surface area contributed by atoms with Crippen LogP contribution in [-0.4, -0.2) is 55.6 Å². The van der Waals surface area contributed by atoms with Crippen LogP contribution in [0.1, 0.15) is 22.8 Å². The monoisotopic (exact) mass is 276 g/mol. The number of carbonyl (C=O) groups is 1. The van der Waals surface area contributed by atoms with Crippen molar-refractivity contribution in [3.05, 3.63) is 29.3 Å². The van der Waals surface area contributed by atoms with Crippen molar-refractivity contribution in [3.63, 3.8) is 0 Å². The zero-order valence-corrected chi connectivity index (χ0v) is 12.6. The van der Waals surface area contributed by atoms with Crippen LogP contribution in [0, 0.1) is 6.92 Å². The highest BCUT2D eigenvalue weighted by Gasteiger charge is 2.17. The van der Waals surface area contributed by atoms with Crippen LogP contribution in [0.2, 0.25) is 0 Å². The lowest BCUT2D eigenvalue weighted by Gasteiger charge is -2.32. The Labute approximate surface area is 120 Å². The number of piperazine rings is 1. The van der Waals surface area contributed by atoms with Crippen LogP contribution in [0.5, 0.6) is 0 Å². The summed E-state index contributed by atoms with van der Waals surface area (Å²) in [5.74, 6) is -0.0184. The van der Waals surface area contributed by atoms with Crippen LogP contribution in [0.3, 0.4) is 0 Å². The van der Waals surface area contributed by atoms with Crippen LogP contribution >= 0.6 is 0 Å². The second-order valence-electron chi connectivity index (χ2n) is 5.29. The van der Waals surface area contributed by atoms with Crippen LogP contribution < -0.4 is 10.7 Å². The van der Waals surface area contributed by atoms with Gasteiger partial charge in [0.05, 0.1) is 0 Å². The molecule has 1 aromatic carbocycles. The molecule has 1 aliphatic rings. The predicted octanol–water partition coefficient (Wildman–Crippen LogP) is 1.32. The molecule has 0 saturated carbocycles. The summed E-state index contributed by atoms with van der Waals surface area (Å²) in [5.41, 5.74) is 5.79. The Balaban J connectivity index is 1.98. The lowest BCUT2D eigenvalue weighted by atomic mass is 10.1. The van der Waals surface area contributed by atoms with Gasteiger partial charge in [-0.1, -0.05) is 0 Å². The Kier molecular flexibility index (Phi) is 4.98. The first-order chi connectivity index (χ1) is 9.60. The standard InChI is InChI=1S/C15H24N4O/c1-4-16-13-5-6-14(12(2)11-13)15(20)17-19-9-7-18(3)8-10-19/h5-6,11,16H,4,7-10H2,1-3H3,(H,17,20). The average Bonchev–Trinajstić information content (AvgIpc) is 2.42. The Morgan fingerprint density at radius 1 is 1.25 bits per heavy atom. The maximum atomic E-state index is 12.3. The van der Waals surface area contributed by atoms with Crippen LogP contribution in [0.25, 0.3) is 0 Å². The Morgan fingerprint density at radius 2 is 1.95 bits per heavy atom. The summed E-state index contributed by atoms with van der Waals surface area (Å²) < 4.78 is 0. The fraction of sp³-hybridized carbons (Fsp3) is 0.533. The molecule has 0 radical (unpaired) electrons. The molecule has 1 amide bonds. The first-order valence-corrected chi connectivity index (χ1v) is 7.19. The van der Waals surface area contributed by atoms with Crippen molar-refractivity contribution in [1.29, 1.82) is 0 Å². The number of hydrazine groups is 1. The molecule has 0 unspecified atom stereocenters. The van der Waals surface area contributed by atoms with Gasteiger partial charge in [-0.3, -0.25) is 10.2 Å². The van der Waals surface area contributed by atoms with Gasteiger partial charge in [-0.25, -0.2) is 5.01 Å². The first-order valence-electron chi connectivity index (χ1n) is 7.19. The molecule has 0 spiro atoms. The number of nitrogens with one attached hydrogen (secondary N) is 2. The Bertz CT molecular complexity index is 467. The van der Waals surface area contributed by atoms with Crippen molar-refractivity contribution in [3.8, 4) is 0 Å². The topological polar surface area (TPSA) is 47.6 Å². The van der Waals surface area contributed by atoms with E-state index in [-0.39, 0.29) is 5.91 Å². The summed E-state index contributed by atoms with van der Waals surface area (Å²) in [5, 5.41) is 5.25. The highest BCUT2D eigenvalue weighted by molar-refractivity contribution is 5.95. The number of likely N-dealkylation sites (N-methyl/N-ethyl adjacent to an activating group) is 1. The highest BCUT2D eigenvalue weighted by Crippen LogP contribution is 2.15. The highest BCUT2D eigenvalue weighted by atomic mass is 16.2. The number of hydrogen-bond acceptors (Lipinski definition) is 4. The van der Waals surface area contributed by atoms with E-state index in [0.717, 1.165) is 49.5 Å². The van der Waals surface area contributed by atoms with Crippen LogP contribution in [0.4, 0.5) is 5.69 Å². The SMILES string of the molecule is CCNc1ccc(C(=O)NN2CCN(C)CC2)c(C)c1. The average molecular weight is 276 g/mol. The van der Waals surface area contributed by atoms with Gasteiger partial charge in [0.15, 0.2) is 0 Å². The van der Waals surface area contributed by atoms with E-state index >= 15 is 0 Å². The molecule has 0 aliphatic carbocycles. The molecule has 0 atom stereocenters. The molecule has 20 heavy (non-hydrogen) atoms. The van der Waals surface area contributed by atoms with Gasteiger partial charge in [0.1, 0.15) is 0 Å². The maximum Gasteiger partial charge on any atom is 0.265 e. The number of aryl methyl sites for hydroxylation is 1. The Hall–Kier alpha value is -1.59. The third kappa shape index (κ3) is 3.71. The lowest BCUT2D eigenvalue weighted by molar-refractivity contribution is 0.0662. The minimum Gasteiger partial charge on any atom is -0.385 e. The third-order valence-corrected chi connectivity index (χ3v) is 3.61. The predicted molar refractivity (Wildman–Crippen MR) is 81.9 cm³/mol. The van der Waals surface area contributed by atoms with Gasteiger partial charge < -0.3 is 10.2 Å².